The lowest BCUT2D eigenvalue weighted by atomic mass is 9.49. The number of hydrogen-bond donors (Lipinski definition) is 0. The van der Waals surface area contributed by atoms with E-state index in [1.165, 1.54) is 13.2 Å². The lowest BCUT2D eigenvalue weighted by Gasteiger charge is -2.53. The molecule has 1 aliphatic heterocycles. The van der Waals surface area contributed by atoms with Crippen LogP contribution >= 0.6 is 0 Å². The molecule has 3 aliphatic rings. The standard InChI is InChI=1S/C22H32O7Si/c1-7-30(8-2,9-3)29-17-16(25)13(12-15(24)27-6)21(4)11-10-14(23)22(5)19(21)18(17)28-20(22)26/h10-11,13,17-19H,7-9,12H2,1-6H3/t13-,17?,18-,19+,21+,22+/m0/s1. The van der Waals surface area contributed by atoms with E-state index >= 15 is 0 Å². The molecule has 7 nitrogen and oxygen atoms in total. The van der Waals surface area contributed by atoms with Crippen LogP contribution in [-0.2, 0) is 33.1 Å². The summed E-state index contributed by atoms with van der Waals surface area (Å²) in [6.07, 6.45) is 1.12. The number of esters is 2. The third-order valence-corrected chi connectivity index (χ3v) is 12.6. The van der Waals surface area contributed by atoms with Crippen molar-refractivity contribution >= 4 is 31.8 Å². The fourth-order valence-electron chi connectivity index (χ4n) is 5.73. The van der Waals surface area contributed by atoms with Gasteiger partial charge in [0.1, 0.15) is 17.6 Å². The van der Waals surface area contributed by atoms with Crippen molar-refractivity contribution in [2.75, 3.05) is 7.11 Å². The molecule has 0 aromatic carbocycles. The summed E-state index contributed by atoms with van der Waals surface area (Å²) in [5.74, 6) is -3.03. The maximum absolute atomic E-state index is 13.7. The Bertz CT molecular complexity index is 793. The topological polar surface area (TPSA) is 96.0 Å². The molecule has 1 unspecified atom stereocenters. The summed E-state index contributed by atoms with van der Waals surface area (Å²) in [6.45, 7) is 9.59. The van der Waals surface area contributed by atoms with Crippen LogP contribution in [0.4, 0.5) is 0 Å². The summed E-state index contributed by atoms with van der Waals surface area (Å²) in [6, 6.07) is 2.47. The second-order valence-corrected chi connectivity index (χ2v) is 13.9. The van der Waals surface area contributed by atoms with Crippen molar-refractivity contribution in [2.24, 2.45) is 22.7 Å². The van der Waals surface area contributed by atoms with Crippen LogP contribution in [0.15, 0.2) is 12.2 Å². The molecule has 1 saturated heterocycles. The minimum Gasteiger partial charge on any atom is -0.469 e. The predicted octanol–water partition coefficient (Wildman–Crippen LogP) is 2.83. The van der Waals surface area contributed by atoms with Gasteiger partial charge in [-0.15, -0.1) is 0 Å². The largest absolute Gasteiger partial charge is 0.469 e. The van der Waals surface area contributed by atoms with Crippen LogP contribution in [0.2, 0.25) is 18.1 Å². The molecule has 2 aliphatic carbocycles. The summed E-state index contributed by atoms with van der Waals surface area (Å²) in [4.78, 5) is 51.6. The van der Waals surface area contributed by atoms with E-state index in [9.17, 15) is 19.2 Å². The van der Waals surface area contributed by atoms with Crippen LogP contribution in [-0.4, -0.2) is 51.1 Å². The Morgan fingerprint density at radius 3 is 2.27 bits per heavy atom. The van der Waals surface area contributed by atoms with Gasteiger partial charge in [0.15, 0.2) is 19.9 Å². The molecule has 0 N–H and O–H groups in total. The summed E-state index contributed by atoms with van der Waals surface area (Å²) >= 11 is 0. The molecule has 8 heteroatoms. The predicted molar refractivity (Wildman–Crippen MR) is 111 cm³/mol. The van der Waals surface area contributed by atoms with E-state index in [1.54, 1.807) is 13.0 Å². The zero-order chi connectivity index (χ0) is 22.5. The highest BCUT2D eigenvalue weighted by atomic mass is 28.4. The van der Waals surface area contributed by atoms with Gasteiger partial charge in [-0.25, -0.2) is 0 Å². The number of hydrogen-bond acceptors (Lipinski definition) is 7. The Kier molecular flexibility index (Phi) is 5.88. The van der Waals surface area contributed by atoms with Crippen molar-refractivity contribution in [3.05, 3.63) is 12.2 Å². The lowest BCUT2D eigenvalue weighted by Crippen LogP contribution is -2.64. The Labute approximate surface area is 178 Å². The van der Waals surface area contributed by atoms with Crippen LogP contribution in [0, 0.1) is 22.7 Å². The molecule has 30 heavy (non-hydrogen) atoms. The Morgan fingerprint density at radius 2 is 1.73 bits per heavy atom. The van der Waals surface area contributed by atoms with Gasteiger partial charge in [0.2, 0.25) is 0 Å². The van der Waals surface area contributed by atoms with Gasteiger partial charge < -0.3 is 13.9 Å². The molecule has 0 aromatic rings. The second kappa shape index (κ2) is 7.71. The number of carbonyl (C=O) groups is 4. The van der Waals surface area contributed by atoms with Gasteiger partial charge in [-0.05, 0) is 31.1 Å². The SMILES string of the molecule is CC[Si](CC)(CC)OC1C(=O)[C@H](CC(=O)OC)[C@@]2(C)C=CC(=O)[C@@]3(C)C(=O)O[C@@H]1[C@@H]32. The van der Waals surface area contributed by atoms with Crippen molar-refractivity contribution in [3.63, 3.8) is 0 Å². The van der Waals surface area contributed by atoms with Gasteiger partial charge in [-0.3, -0.25) is 19.2 Å². The number of ether oxygens (including phenoxy) is 2. The van der Waals surface area contributed by atoms with Gasteiger partial charge in [0, 0.05) is 17.3 Å². The molecule has 0 amide bonds. The highest BCUT2D eigenvalue weighted by molar-refractivity contribution is 6.73. The van der Waals surface area contributed by atoms with Gasteiger partial charge in [0.05, 0.1) is 13.5 Å². The molecule has 166 valence electrons. The Hall–Kier alpha value is -1.80. The minimum atomic E-state index is -2.24. The second-order valence-electron chi connectivity index (χ2n) is 9.13. The average molecular weight is 437 g/mol. The molecule has 1 saturated carbocycles. The number of rotatable bonds is 7. The van der Waals surface area contributed by atoms with E-state index in [1.807, 2.05) is 6.92 Å². The normalized spacial score (nSPS) is 37.7. The Morgan fingerprint density at radius 1 is 1.13 bits per heavy atom. The first-order valence-electron chi connectivity index (χ1n) is 10.8. The van der Waals surface area contributed by atoms with Crippen molar-refractivity contribution in [1.29, 1.82) is 0 Å². The van der Waals surface area contributed by atoms with Crippen LogP contribution in [0.1, 0.15) is 41.0 Å². The fourth-order valence-corrected chi connectivity index (χ4v) is 8.52. The molecule has 0 radical (unpaired) electrons. The maximum Gasteiger partial charge on any atom is 0.320 e. The summed E-state index contributed by atoms with van der Waals surface area (Å²) in [7, 11) is -0.957. The third-order valence-electron chi connectivity index (χ3n) is 7.98. The highest BCUT2D eigenvalue weighted by Crippen LogP contribution is 2.61. The van der Waals surface area contributed by atoms with Crippen molar-refractivity contribution in [3.8, 4) is 0 Å². The molecular weight excluding hydrogens is 404 g/mol. The van der Waals surface area contributed by atoms with Crippen molar-refractivity contribution in [2.45, 2.75) is 71.4 Å². The van der Waals surface area contributed by atoms with E-state index in [2.05, 4.69) is 20.8 Å². The van der Waals surface area contributed by atoms with Gasteiger partial charge in [-0.1, -0.05) is 33.8 Å². The highest BCUT2D eigenvalue weighted by Gasteiger charge is 2.72. The van der Waals surface area contributed by atoms with Gasteiger partial charge in [-0.2, -0.15) is 0 Å². The molecule has 6 atom stereocenters. The van der Waals surface area contributed by atoms with E-state index in [0.29, 0.717) is 0 Å². The van der Waals surface area contributed by atoms with E-state index in [-0.39, 0.29) is 18.0 Å². The zero-order valence-electron chi connectivity index (χ0n) is 18.7. The van der Waals surface area contributed by atoms with Crippen LogP contribution in [0.3, 0.4) is 0 Å². The average Bonchev–Trinajstić information content (AvgIpc) is 3.02. The zero-order valence-corrected chi connectivity index (χ0v) is 19.7. The molecule has 1 heterocycles. The summed E-state index contributed by atoms with van der Waals surface area (Å²) in [5.41, 5.74) is -2.28. The van der Waals surface area contributed by atoms with Crippen molar-refractivity contribution < 1.29 is 33.1 Å². The number of Topliss-reactive ketones (excluding diaryl/α,β-unsaturated/α-hetero) is 1. The maximum atomic E-state index is 13.7. The molecule has 0 bridgehead atoms. The lowest BCUT2D eigenvalue weighted by molar-refractivity contribution is -0.165. The first-order valence-corrected chi connectivity index (χ1v) is 13.3. The van der Waals surface area contributed by atoms with E-state index in [0.717, 1.165) is 18.1 Å². The first kappa shape index (κ1) is 22.9. The first-order chi connectivity index (χ1) is 14.0. The molecule has 0 spiro atoms. The molecule has 0 aromatic heterocycles. The Balaban J connectivity index is 2.15. The van der Waals surface area contributed by atoms with E-state index in [4.69, 9.17) is 13.9 Å². The molecule has 2 fully saturated rings. The number of methoxy groups -OCH3 is 1. The van der Waals surface area contributed by atoms with Crippen LogP contribution in [0.5, 0.6) is 0 Å². The third kappa shape index (κ3) is 3.02. The summed E-state index contributed by atoms with van der Waals surface area (Å²) < 4.78 is 17.1. The molecule has 3 rings (SSSR count). The fraction of sp³-hybridized carbons (Fsp3) is 0.727. The van der Waals surface area contributed by atoms with Crippen LogP contribution < -0.4 is 0 Å². The number of ketones is 2. The van der Waals surface area contributed by atoms with Gasteiger partial charge in [0.25, 0.3) is 0 Å². The molecular formula is C22H32O7Si. The van der Waals surface area contributed by atoms with E-state index < -0.39 is 55.1 Å². The van der Waals surface area contributed by atoms with Crippen molar-refractivity contribution in [1.82, 2.24) is 0 Å². The smallest absolute Gasteiger partial charge is 0.320 e. The number of allylic oxidation sites excluding steroid dienone is 2. The van der Waals surface area contributed by atoms with Crippen LogP contribution in [0.25, 0.3) is 0 Å². The summed E-state index contributed by atoms with van der Waals surface area (Å²) in [5, 5.41) is 0. The monoisotopic (exact) mass is 436 g/mol. The number of carbonyl (C=O) groups excluding carboxylic acids is 4. The quantitative estimate of drug-likeness (QED) is 0.344. The van der Waals surface area contributed by atoms with Gasteiger partial charge >= 0.3 is 11.9 Å². The minimum absolute atomic E-state index is 0.128.